The Bertz CT molecular complexity index is 628. The third kappa shape index (κ3) is 2.92. The van der Waals surface area contributed by atoms with Crippen LogP contribution < -0.4 is 5.32 Å². The van der Waals surface area contributed by atoms with Crippen molar-refractivity contribution in [3.63, 3.8) is 0 Å². The average molecular weight is 320 g/mol. The highest BCUT2D eigenvalue weighted by atomic mass is 35.5. The van der Waals surface area contributed by atoms with E-state index in [9.17, 15) is 4.79 Å². The monoisotopic (exact) mass is 319 g/mol. The van der Waals surface area contributed by atoms with Gasteiger partial charge in [0.05, 0.1) is 5.92 Å². The van der Waals surface area contributed by atoms with Crippen molar-refractivity contribution < 1.29 is 4.79 Å². The third-order valence-corrected chi connectivity index (χ3v) is 4.74. The van der Waals surface area contributed by atoms with Gasteiger partial charge in [-0.05, 0) is 11.1 Å². The fraction of sp³-hybridized carbons (Fsp3) is 0.235. The fourth-order valence-corrected chi connectivity index (χ4v) is 3.45. The van der Waals surface area contributed by atoms with Crippen LogP contribution in [0.25, 0.3) is 0 Å². The molecule has 0 heterocycles. The second-order valence-corrected chi connectivity index (χ2v) is 6.69. The SMILES string of the molecule is O=C(NCc1ccccc1)[C@H]1[C@H](c2ccccc2)C1(Cl)Cl. The van der Waals surface area contributed by atoms with Gasteiger partial charge in [0, 0.05) is 12.5 Å². The van der Waals surface area contributed by atoms with E-state index >= 15 is 0 Å². The Kier molecular flexibility index (Phi) is 3.92. The van der Waals surface area contributed by atoms with Crippen LogP contribution in [0.2, 0.25) is 0 Å². The van der Waals surface area contributed by atoms with Gasteiger partial charge in [-0.2, -0.15) is 0 Å². The van der Waals surface area contributed by atoms with Crippen molar-refractivity contribution in [3.05, 3.63) is 71.8 Å². The van der Waals surface area contributed by atoms with E-state index in [2.05, 4.69) is 5.32 Å². The van der Waals surface area contributed by atoms with Gasteiger partial charge >= 0.3 is 0 Å². The molecule has 0 radical (unpaired) electrons. The summed E-state index contributed by atoms with van der Waals surface area (Å²) in [5.74, 6) is -0.637. The number of benzene rings is 2. The van der Waals surface area contributed by atoms with Crippen molar-refractivity contribution in [1.82, 2.24) is 5.32 Å². The highest BCUT2D eigenvalue weighted by molar-refractivity contribution is 6.53. The van der Waals surface area contributed by atoms with Crippen molar-refractivity contribution in [2.75, 3.05) is 0 Å². The lowest BCUT2D eigenvalue weighted by Gasteiger charge is -2.05. The molecule has 2 aromatic carbocycles. The van der Waals surface area contributed by atoms with Gasteiger partial charge in [-0.25, -0.2) is 0 Å². The molecule has 1 aliphatic carbocycles. The van der Waals surface area contributed by atoms with Crippen LogP contribution in [0, 0.1) is 5.92 Å². The highest BCUT2D eigenvalue weighted by Crippen LogP contribution is 2.64. The summed E-state index contributed by atoms with van der Waals surface area (Å²) < 4.78 is -1.01. The molecule has 21 heavy (non-hydrogen) atoms. The lowest BCUT2D eigenvalue weighted by molar-refractivity contribution is -0.122. The summed E-state index contributed by atoms with van der Waals surface area (Å²) >= 11 is 12.6. The molecule has 2 aromatic rings. The molecule has 0 bridgehead atoms. The zero-order valence-electron chi connectivity index (χ0n) is 11.3. The van der Waals surface area contributed by atoms with E-state index in [1.54, 1.807) is 0 Å². The maximum Gasteiger partial charge on any atom is 0.227 e. The van der Waals surface area contributed by atoms with E-state index in [1.165, 1.54) is 0 Å². The summed E-state index contributed by atoms with van der Waals surface area (Å²) in [5, 5.41) is 2.91. The third-order valence-electron chi connectivity index (χ3n) is 3.80. The summed E-state index contributed by atoms with van der Waals surface area (Å²) in [4.78, 5) is 12.3. The second kappa shape index (κ2) is 5.70. The molecule has 0 unspecified atom stereocenters. The minimum absolute atomic E-state index is 0.0993. The number of amides is 1. The molecule has 3 rings (SSSR count). The van der Waals surface area contributed by atoms with Crippen LogP contribution in [-0.2, 0) is 11.3 Å². The van der Waals surface area contributed by atoms with E-state index in [0.29, 0.717) is 6.54 Å². The van der Waals surface area contributed by atoms with Gasteiger partial charge in [0.25, 0.3) is 0 Å². The van der Waals surface area contributed by atoms with Gasteiger partial charge in [0.1, 0.15) is 4.33 Å². The molecule has 1 amide bonds. The number of hydrogen-bond acceptors (Lipinski definition) is 1. The van der Waals surface area contributed by atoms with Crippen molar-refractivity contribution in [3.8, 4) is 0 Å². The van der Waals surface area contributed by atoms with Crippen LogP contribution in [0.3, 0.4) is 0 Å². The van der Waals surface area contributed by atoms with Gasteiger partial charge in [-0.1, -0.05) is 60.7 Å². The molecule has 0 aromatic heterocycles. The van der Waals surface area contributed by atoms with E-state index < -0.39 is 10.3 Å². The van der Waals surface area contributed by atoms with Crippen LogP contribution in [0.15, 0.2) is 60.7 Å². The summed E-state index contributed by atoms with van der Waals surface area (Å²) in [7, 11) is 0. The average Bonchev–Trinajstić information content (AvgIpc) is 3.09. The van der Waals surface area contributed by atoms with Crippen molar-refractivity contribution in [2.24, 2.45) is 5.92 Å². The number of alkyl halides is 2. The fourth-order valence-electron chi connectivity index (χ4n) is 2.62. The summed E-state index contributed by atoms with van der Waals surface area (Å²) in [6.45, 7) is 0.488. The molecular formula is C17H15Cl2NO. The van der Waals surface area contributed by atoms with Gasteiger partial charge in [-0.15, -0.1) is 23.2 Å². The Morgan fingerprint density at radius 2 is 1.57 bits per heavy atom. The van der Waals surface area contributed by atoms with Crippen LogP contribution in [0.4, 0.5) is 0 Å². The molecule has 0 aliphatic heterocycles. The van der Waals surface area contributed by atoms with Crippen LogP contribution in [0.5, 0.6) is 0 Å². The second-order valence-electron chi connectivity index (χ2n) is 5.24. The zero-order chi connectivity index (χ0) is 14.9. The Morgan fingerprint density at radius 1 is 1.00 bits per heavy atom. The molecule has 1 aliphatic rings. The smallest absolute Gasteiger partial charge is 0.227 e. The Hall–Kier alpha value is -1.51. The van der Waals surface area contributed by atoms with Crippen molar-refractivity contribution in [2.45, 2.75) is 16.8 Å². The standard InChI is InChI=1S/C17H15Cl2NO/c18-17(19)14(13-9-5-2-6-10-13)15(17)16(21)20-11-12-7-3-1-4-8-12/h1-10,14-15H,11H2,(H,20,21)/t14-,15+/m0/s1. The lowest BCUT2D eigenvalue weighted by Crippen LogP contribution is -2.26. The Labute approximate surface area is 134 Å². The first kappa shape index (κ1) is 14.4. The van der Waals surface area contributed by atoms with Crippen LogP contribution >= 0.6 is 23.2 Å². The molecule has 108 valence electrons. The largest absolute Gasteiger partial charge is 0.352 e. The molecular weight excluding hydrogens is 305 g/mol. The number of carbonyl (C=O) groups is 1. The normalized spacial score (nSPS) is 22.6. The van der Waals surface area contributed by atoms with E-state index in [4.69, 9.17) is 23.2 Å². The maximum atomic E-state index is 12.3. The lowest BCUT2D eigenvalue weighted by atomic mass is 10.1. The van der Waals surface area contributed by atoms with E-state index in [1.807, 2.05) is 60.7 Å². The molecule has 2 nitrogen and oxygen atoms in total. The summed E-state index contributed by atoms with van der Waals surface area (Å²) in [6.07, 6.45) is 0. The molecule has 0 spiro atoms. The van der Waals surface area contributed by atoms with Gasteiger partial charge in [-0.3, -0.25) is 4.79 Å². The molecule has 1 fully saturated rings. The topological polar surface area (TPSA) is 29.1 Å². The van der Waals surface area contributed by atoms with Gasteiger partial charge in [0.15, 0.2) is 0 Å². The van der Waals surface area contributed by atoms with Crippen molar-refractivity contribution in [1.29, 1.82) is 0 Å². The van der Waals surface area contributed by atoms with Crippen LogP contribution in [-0.4, -0.2) is 10.2 Å². The molecule has 0 saturated heterocycles. The molecule has 4 heteroatoms. The summed E-state index contributed by atoms with van der Waals surface area (Å²) in [6, 6.07) is 19.5. The van der Waals surface area contributed by atoms with Gasteiger partial charge in [0.2, 0.25) is 5.91 Å². The number of hydrogen-bond donors (Lipinski definition) is 1. The molecule has 1 N–H and O–H groups in total. The first-order valence-electron chi connectivity index (χ1n) is 6.85. The predicted octanol–water partition coefficient (Wildman–Crippen LogP) is 3.89. The first-order chi connectivity index (χ1) is 10.1. The number of halogens is 2. The number of nitrogens with one attached hydrogen (secondary N) is 1. The maximum absolute atomic E-state index is 12.3. The quantitative estimate of drug-likeness (QED) is 0.851. The van der Waals surface area contributed by atoms with Crippen molar-refractivity contribution >= 4 is 29.1 Å². The van der Waals surface area contributed by atoms with Gasteiger partial charge < -0.3 is 5.32 Å². The first-order valence-corrected chi connectivity index (χ1v) is 7.60. The summed E-state index contributed by atoms with van der Waals surface area (Å²) in [5.41, 5.74) is 2.06. The highest BCUT2D eigenvalue weighted by Gasteiger charge is 2.67. The van der Waals surface area contributed by atoms with Crippen LogP contribution in [0.1, 0.15) is 17.0 Å². The number of rotatable bonds is 4. The number of carbonyl (C=O) groups excluding carboxylic acids is 1. The molecule has 2 atom stereocenters. The minimum atomic E-state index is -1.01. The molecule has 1 saturated carbocycles. The Morgan fingerprint density at radius 3 is 2.19 bits per heavy atom. The van der Waals surface area contributed by atoms with E-state index in [0.717, 1.165) is 11.1 Å². The predicted molar refractivity (Wildman–Crippen MR) is 85.4 cm³/mol. The Balaban J connectivity index is 1.66. The van der Waals surface area contributed by atoms with E-state index in [-0.39, 0.29) is 11.8 Å². The zero-order valence-corrected chi connectivity index (χ0v) is 12.8. The minimum Gasteiger partial charge on any atom is -0.352 e.